The molecule has 1 fully saturated rings. The first-order valence-corrected chi connectivity index (χ1v) is 7.28. The van der Waals surface area contributed by atoms with Crippen molar-refractivity contribution in [2.45, 2.75) is 19.3 Å². The van der Waals surface area contributed by atoms with Crippen LogP contribution in [0, 0.1) is 5.92 Å². The van der Waals surface area contributed by atoms with Crippen LogP contribution >= 0.6 is 0 Å². The number of carboxylic acid groups (broad SMARTS) is 1. The first kappa shape index (κ1) is 14.4. The van der Waals surface area contributed by atoms with Crippen molar-refractivity contribution >= 4 is 16.0 Å². The molecular weight excluding hydrogens is 246 g/mol. The van der Waals surface area contributed by atoms with Crippen molar-refractivity contribution in [3.63, 3.8) is 0 Å². The number of ether oxygens (including phenoxy) is 1. The maximum absolute atomic E-state index is 11.9. The Morgan fingerprint density at radius 2 is 2.24 bits per heavy atom. The zero-order valence-electron chi connectivity index (χ0n) is 9.96. The van der Waals surface area contributed by atoms with E-state index in [4.69, 9.17) is 9.84 Å². The molecule has 0 aromatic carbocycles. The molecule has 1 heterocycles. The molecule has 1 atom stereocenters. The standard InChI is InChI=1S/C10H19NO5S/c1-16-6-3-7-17(14,15)11-5-2-4-9(8-11)10(12)13/h9H,2-8H2,1H3,(H,12,13)/t9-/m1/s1. The molecule has 0 spiro atoms. The minimum atomic E-state index is -3.33. The normalized spacial score (nSPS) is 22.5. The highest BCUT2D eigenvalue weighted by molar-refractivity contribution is 7.89. The maximum Gasteiger partial charge on any atom is 0.307 e. The Labute approximate surface area is 102 Å². The van der Waals surface area contributed by atoms with Gasteiger partial charge in [-0.05, 0) is 19.3 Å². The molecule has 1 N–H and O–H groups in total. The minimum Gasteiger partial charge on any atom is -0.481 e. The van der Waals surface area contributed by atoms with Crippen LogP contribution < -0.4 is 0 Å². The average molecular weight is 265 g/mol. The Kier molecular flexibility index (Phi) is 5.35. The monoisotopic (exact) mass is 265 g/mol. The molecule has 1 aliphatic rings. The Morgan fingerprint density at radius 1 is 1.53 bits per heavy atom. The van der Waals surface area contributed by atoms with Crippen LogP contribution in [-0.4, -0.2) is 56.4 Å². The van der Waals surface area contributed by atoms with Crippen LogP contribution in [0.2, 0.25) is 0 Å². The summed E-state index contributed by atoms with van der Waals surface area (Å²) in [5.41, 5.74) is 0. The van der Waals surface area contributed by atoms with Crippen LogP contribution in [0.3, 0.4) is 0 Å². The molecule has 0 unspecified atom stereocenters. The fraction of sp³-hybridized carbons (Fsp3) is 0.900. The molecule has 0 aliphatic carbocycles. The molecule has 0 saturated carbocycles. The van der Waals surface area contributed by atoms with Crippen molar-refractivity contribution in [3.8, 4) is 0 Å². The number of sulfonamides is 1. The molecule has 1 aliphatic heterocycles. The van der Waals surface area contributed by atoms with Crippen LogP contribution in [0.1, 0.15) is 19.3 Å². The molecule has 6 nitrogen and oxygen atoms in total. The van der Waals surface area contributed by atoms with Crippen molar-refractivity contribution in [1.82, 2.24) is 4.31 Å². The van der Waals surface area contributed by atoms with Crippen LogP contribution in [-0.2, 0) is 19.6 Å². The minimum absolute atomic E-state index is 0.0210. The summed E-state index contributed by atoms with van der Waals surface area (Å²) in [5.74, 6) is -1.46. The number of nitrogens with zero attached hydrogens (tertiary/aromatic N) is 1. The van der Waals surface area contributed by atoms with E-state index in [-0.39, 0.29) is 12.3 Å². The van der Waals surface area contributed by atoms with E-state index < -0.39 is 21.9 Å². The van der Waals surface area contributed by atoms with Gasteiger partial charge in [0.05, 0.1) is 11.7 Å². The second-order valence-corrected chi connectivity index (χ2v) is 6.29. The third kappa shape index (κ3) is 4.25. The number of rotatable bonds is 6. The highest BCUT2D eigenvalue weighted by Gasteiger charge is 2.31. The zero-order chi connectivity index (χ0) is 12.9. The SMILES string of the molecule is COCCCS(=O)(=O)N1CCC[C@@H](C(=O)O)C1. The van der Waals surface area contributed by atoms with Crippen LogP contribution in [0.25, 0.3) is 0 Å². The number of hydrogen-bond acceptors (Lipinski definition) is 4. The number of carboxylic acids is 1. The molecule has 1 saturated heterocycles. The van der Waals surface area contributed by atoms with Crippen molar-refractivity contribution in [3.05, 3.63) is 0 Å². The number of carbonyl (C=O) groups is 1. The Morgan fingerprint density at radius 3 is 2.82 bits per heavy atom. The molecule has 0 radical (unpaired) electrons. The third-order valence-corrected chi connectivity index (χ3v) is 4.80. The van der Waals surface area contributed by atoms with Crippen molar-refractivity contribution in [1.29, 1.82) is 0 Å². The summed E-state index contributed by atoms with van der Waals surface area (Å²) in [4.78, 5) is 10.8. The largest absolute Gasteiger partial charge is 0.481 e. The van der Waals surface area contributed by atoms with E-state index >= 15 is 0 Å². The van der Waals surface area contributed by atoms with Gasteiger partial charge < -0.3 is 9.84 Å². The Hall–Kier alpha value is -0.660. The third-order valence-electron chi connectivity index (χ3n) is 2.88. The second kappa shape index (κ2) is 6.32. The van der Waals surface area contributed by atoms with E-state index in [1.807, 2.05) is 0 Å². The average Bonchev–Trinajstić information content (AvgIpc) is 2.29. The van der Waals surface area contributed by atoms with Gasteiger partial charge >= 0.3 is 5.97 Å². The smallest absolute Gasteiger partial charge is 0.307 e. The molecule has 0 amide bonds. The molecule has 0 bridgehead atoms. The van der Waals surface area contributed by atoms with E-state index in [9.17, 15) is 13.2 Å². The Balaban J connectivity index is 2.55. The predicted molar refractivity (Wildman–Crippen MR) is 62.2 cm³/mol. The number of aliphatic carboxylic acids is 1. The van der Waals surface area contributed by atoms with E-state index in [1.54, 1.807) is 0 Å². The number of piperidine rings is 1. The van der Waals surface area contributed by atoms with Crippen molar-refractivity contribution in [2.24, 2.45) is 5.92 Å². The second-order valence-electron chi connectivity index (χ2n) is 4.20. The number of hydrogen-bond donors (Lipinski definition) is 1. The lowest BCUT2D eigenvalue weighted by Gasteiger charge is -2.29. The summed E-state index contributed by atoms with van der Waals surface area (Å²) in [6.45, 7) is 0.930. The van der Waals surface area contributed by atoms with Gasteiger partial charge in [0.1, 0.15) is 0 Å². The van der Waals surface area contributed by atoms with Crippen LogP contribution in [0.5, 0.6) is 0 Å². The highest BCUT2D eigenvalue weighted by atomic mass is 32.2. The summed E-state index contributed by atoms with van der Waals surface area (Å²) in [6.07, 6.45) is 1.60. The van der Waals surface area contributed by atoms with Gasteiger partial charge in [-0.15, -0.1) is 0 Å². The lowest BCUT2D eigenvalue weighted by molar-refractivity contribution is -0.142. The van der Waals surface area contributed by atoms with Gasteiger partial charge in [0, 0.05) is 26.8 Å². The van der Waals surface area contributed by atoms with Crippen molar-refractivity contribution in [2.75, 3.05) is 32.6 Å². The van der Waals surface area contributed by atoms with E-state index in [0.29, 0.717) is 32.4 Å². The topological polar surface area (TPSA) is 83.9 Å². The molecule has 7 heteroatoms. The first-order valence-electron chi connectivity index (χ1n) is 5.67. The molecule has 0 aromatic heterocycles. The summed E-state index contributed by atoms with van der Waals surface area (Å²) < 4.78 is 29.9. The lowest BCUT2D eigenvalue weighted by atomic mass is 10.0. The quantitative estimate of drug-likeness (QED) is 0.691. The molecule has 100 valence electrons. The van der Waals surface area contributed by atoms with Gasteiger partial charge in [-0.25, -0.2) is 12.7 Å². The molecule has 1 rings (SSSR count). The summed E-state index contributed by atoms with van der Waals surface area (Å²) in [7, 11) is -1.81. The van der Waals surface area contributed by atoms with Gasteiger partial charge in [0.25, 0.3) is 0 Å². The van der Waals surface area contributed by atoms with Gasteiger partial charge in [-0.1, -0.05) is 0 Å². The van der Waals surface area contributed by atoms with Crippen LogP contribution in [0.4, 0.5) is 0 Å². The summed E-state index contributed by atoms with van der Waals surface area (Å²) >= 11 is 0. The Bertz CT molecular complexity index is 354. The van der Waals surface area contributed by atoms with Crippen molar-refractivity contribution < 1.29 is 23.1 Å². The summed E-state index contributed by atoms with van der Waals surface area (Å²) in [6, 6.07) is 0. The predicted octanol–water partition coefficient (Wildman–Crippen LogP) is 0.149. The maximum atomic E-state index is 11.9. The highest BCUT2D eigenvalue weighted by Crippen LogP contribution is 2.19. The summed E-state index contributed by atoms with van der Waals surface area (Å²) in [5, 5.41) is 8.89. The zero-order valence-corrected chi connectivity index (χ0v) is 10.8. The number of methoxy groups -OCH3 is 1. The van der Waals surface area contributed by atoms with Gasteiger partial charge in [0.15, 0.2) is 0 Å². The first-order chi connectivity index (χ1) is 7.97. The van der Waals surface area contributed by atoms with E-state index in [0.717, 1.165) is 0 Å². The van der Waals surface area contributed by atoms with Gasteiger partial charge in [-0.3, -0.25) is 4.79 Å². The fourth-order valence-corrected chi connectivity index (χ4v) is 3.47. The fourth-order valence-electron chi connectivity index (χ4n) is 1.91. The lowest BCUT2D eigenvalue weighted by Crippen LogP contribution is -2.43. The van der Waals surface area contributed by atoms with E-state index in [2.05, 4.69) is 0 Å². The van der Waals surface area contributed by atoms with Gasteiger partial charge in [0.2, 0.25) is 10.0 Å². The molecule has 17 heavy (non-hydrogen) atoms. The van der Waals surface area contributed by atoms with Crippen LogP contribution in [0.15, 0.2) is 0 Å². The van der Waals surface area contributed by atoms with E-state index in [1.165, 1.54) is 11.4 Å². The molecular formula is C10H19NO5S. The van der Waals surface area contributed by atoms with Gasteiger partial charge in [-0.2, -0.15) is 0 Å². The molecule has 0 aromatic rings.